The Kier molecular flexibility index (Phi) is 5.62. The minimum absolute atomic E-state index is 0.0656. The van der Waals surface area contributed by atoms with Crippen LogP contribution in [-0.4, -0.2) is 41.5 Å². The van der Waals surface area contributed by atoms with E-state index < -0.39 is 0 Å². The van der Waals surface area contributed by atoms with Crippen molar-refractivity contribution in [2.45, 2.75) is 20.3 Å². The Morgan fingerprint density at radius 3 is 2.94 bits per heavy atom. The number of hydroxylamine groups is 1. The number of amides is 2. The summed E-state index contributed by atoms with van der Waals surface area (Å²) in [7, 11) is 0. The molecule has 2 amide bonds. The van der Waals surface area contributed by atoms with E-state index >= 15 is 0 Å². The van der Waals surface area contributed by atoms with Crippen LogP contribution < -0.4 is 5.48 Å². The quantitative estimate of drug-likeness (QED) is 0.717. The van der Waals surface area contributed by atoms with Gasteiger partial charge in [0.05, 0.1) is 6.61 Å². The summed E-state index contributed by atoms with van der Waals surface area (Å²) in [6, 6.07) is 0. The molecule has 1 aliphatic heterocycles. The van der Waals surface area contributed by atoms with Gasteiger partial charge in [0, 0.05) is 25.3 Å². The van der Waals surface area contributed by atoms with Gasteiger partial charge in [0.1, 0.15) is 0 Å². The molecule has 0 aromatic rings. The summed E-state index contributed by atoms with van der Waals surface area (Å²) in [4.78, 5) is 29.2. The highest BCUT2D eigenvalue weighted by molar-refractivity contribution is 8.13. The van der Waals surface area contributed by atoms with Gasteiger partial charge in [-0.05, 0) is 5.92 Å². The van der Waals surface area contributed by atoms with Crippen molar-refractivity contribution >= 4 is 22.9 Å². The van der Waals surface area contributed by atoms with Crippen LogP contribution in [0.15, 0.2) is 0 Å². The number of carbonyl (C=O) groups excluding carboxylic acids is 2. The van der Waals surface area contributed by atoms with Crippen LogP contribution in [0, 0.1) is 5.92 Å². The van der Waals surface area contributed by atoms with Gasteiger partial charge in [-0.1, -0.05) is 25.6 Å². The Morgan fingerprint density at radius 2 is 2.38 bits per heavy atom. The second-order valence-electron chi connectivity index (χ2n) is 4.08. The summed E-state index contributed by atoms with van der Waals surface area (Å²) in [5.74, 6) is 1.03. The van der Waals surface area contributed by atoms with Gasteiger partial charge >= 0.3 is 0 Å². The summed E-state index contributed by atoms with van der Waals surface area (Å²) in [6.45, 7) is 5.73. The number of rotatable bonds is 6. The number of nitrogens with zero attached hydrogens (tertiary/aromatic N) is 1. The third-order valence-corrected chi connectivity index (χ3v) is 2.95. The lowest BCUT2D eigenvalue weighted by molar-refractivity contribution is -0.134. The third kappa shape index (κ3) is 4.85. The number of carbonyl (C=O) groups is 2. The molecule has 0 saturated carbocycles. The van der Waals surface area contributed by atoms with Gasteiger partial charge in [0.2, 0.25) is 5.91 Å². The zero-order valence-corrected chi connectivity index (χ0v) is 10.5. The Hall–Kier alpha value is -0.750. The molecule has 0 bridgehead atoms. The fourth-order valence-electron chi connectivity index (χ4n) is 1.21. The summed E-state index contributed by atoms with van der Waals surface area (Å²) >= 11 is 1.30. The van der Waals surface area contributed by atoms with E-state index in [4.69, 9.17) is 4.84 Å². The van der Waals surface area contributed by atoms with Crippen LogP contribution in [0.1, 0.15) is 20.3 Å². The van der Waals surface area contributed by atoms with Crippen molar-refractivity contribution in [2.75, 3.05) is 25.4 Å². The summed E-state index contributed by atoms with van der Waals surface area (Å²) in [5, 5.41) is 0.0656. The summed E-state index contributed by atoms with van der Waals surface area (Å²) < 4.78 is 0. The molecule has 5 nitrogen and oxygen atoms in total. The fraction of sp³-hybridized carbons (Fsp3) is 0.800. The van der Waals surface area contributed by atoms with E-state index in [9.17, 15) is 9.59 Å². The van der Waals surface area contributed by atoms with E-state index in [1.807, 2.05) is 13.8 Å². The molecule has 0 unspecified atom stereocenters. The van der Waals surface area contributed by atoms with Crippen LogP contribution in [0.5, 0.6) is 0 Å². The molecule has 0 aliphatic carbocycles. The van der Waals surface area contributed by atoms with Crippen LogP contribution in [0.4, 0.5) is 4.79 Å². The second-order valence-corrected chi connectivity index (χ2v) is 5.13. The molecule has 0 atom stereocenters. The molecule has 1 fully saturated rings. The predicted octanol–water partition coefficient (Wildman–Crippen LogP) is 1.25. The lowest BCUT2D eigenvalue weighted by Crippen LogP contribution is -2.31. The minimum Gasteiger partial charge on any atom is -0.332 e. The molecule has 92 valence electrons. The molecular formula is C10H18N2O3S. The first-order valence-electron chi connectivity index (χ1n) is 5.42. The molecule has 0 aromatic heterocycles. The van der Waals surface area contributed by atoms with E-state index in [-0.39, 0.29) is 11.1 Å². The van der Waals surface area contributed by atoms with Crippen molar-refractivity contribution in [3.8, 4) is 0 Å². The molecule has 1 rings (SSSR count). The van der Waals surface area contributed by atoms with E-state index in [1.54, 1.807) is 4.90 Å². The number of hydrogen-bond acceptors (Lipinski definition) is 4. The Bertz CT molecular complexity index is 258. The van der Waals surface area contributed by atoms with Gasteiger partial charge in [-0.3, -0.25) is 14.4 Å². The minimum atomic E-state index is -0.176. The standard InChI is InChI=1S/C10H18N2O3S/c1-8(2)7-15-11-9(13)3-4-12-5-6-16-10(12)14/h8H,3-7H2,1-2H3,(H,11,13). The molecule has 1 aliphatic rings. The molecule has 1 N–H and O–H groups in total. The normalized spacial score (nSPS) is 15.9. The van der Waals surface area contributed by atoms with Gasteiger partial charge in [-0.25, -0.2) is 5.48 Å². The first kappa shape index (κ1) is 13.3. The first-order chi connectivity index (χ1) is 7.59. The zero-order chi connectivity index (χ0) is 12.0. The molecular weight excluding hydrogens is 228 g/mol. The summed E-state index contributed by atoms with van der Waals surface area (Å²) in [5.41, 5.74) is 2.37. The van der Waals surface area contributed by atoms with E-state index in [0.29, 0.717) is 25.5 Å². The number of thioether (sulfide) groups is 1. The molecule has 6 heteroatoms. The molecule has 1 saturated heterocycles. The van der Waals surface area contributed by atoms with Crippen LogP contribution in [-0.2, 0) is 9.63 Å². The van der Waals surface area contributed by atoms with E-state index in [1.165, 1.54) is 11.8 Å². The highest BCUT2D eigenvalue weighted by Crippen LogP contribution is 2.16. The van der Waals surface area contributed by atoms with Crippen molar-refractivity contribution in [1.29, 1.82) is 0 Å². The molecule has 0 spiro atoms. The predicted molar refractivity (Wildman–Crippen MR) is 63.0 cm³/mol. The SMILES string of the molecule is CC(C)CONC(=O)CCN1CCSC1=O. The number of hydrogen-bond donors (Lipinski definition) is 1. The van der Waals surface area contributed by atoms with Gasteiger partial charge in [-0.15, -0.1) is 0 Å². The highest BCUT2D eigenvalue weighted by atomic mass is 32.2. The van der Waals surface area contributed by atoms with Crippen molar-refractivity contribution in [3.63, 3.8) is 0 Å². The topological polar surface area (TPSA) is 58.6 Å². The highest BCUT2D eigenvalue weighted by Gasteiger charge is 2.21. The third-order valence-electron chi connectivity index (χ3n) is 2.06. The average molecular weight is 246 g/mol. The maximum absolute atomic E-state index is 11.3. The number of nitrogens with one attached hydrogen (secondary N) is 1. The van der Waals surface area contributed by atoms with Crippen LogP contribution >= 0.6 is 11.8 Å². The summed E-state index contributed by atoms with van der Waals surface area (Å²) in [6.07, 6.45) is 0.296. The van der Waals surface area contributed by atoms with Crippen LogP contribution in [0.25, 0.3) is 0 Å². The van der Waals surface area contributed by atoms with Gasteiger partial charge in [0.25, 0.3) is 5.24 Å². The Labute approximate surface area is 99.8 Å². The molecule has 16 heavy (non-hydrogen) atoms. The monoisotopic (exact) mass is 246 g/mol. The van der Waals surface area contributed by atoms with Crippen molar-refractivity contribution < 1.29 is 14.4 Å². The van der Waals surface area contributed by atoms with E-state index in [2.05, 4.69) is 5.48 Å². The van der Waals surface area contributed by atoms with Gasteiger partial charge in [-0.2, -0.15) is 0 Å². The van der Waals surface area contributed by atoms with Crippen molar-refractivity contribution in [2.24, 2.45) is 5.92 Å². The average Bonchev–Trinajstić information content (AvgIpc) is 2.60. The molecule has 1 heterocycles. The first-order valence-corrected chi connectivity index (χ1v) is 6.40. The maximum Gasteiger partial charge on any atom is 0.281 e. The van der Waals surface area contributed by atoms with E-state index in [0.717, 1.165) is 12.3 Å². The van der Waals surface area contributed by atoms with Gasteiger partial charge in [0.15, 0.2) is 0 Å². The molecule has 0 radical (unpaired) electrons. The maximum atomic E-state index is 11.3. The van der Waals surface area contributed by atoms with Crippen molar-refractivity contribution in [1.82, 2.24) is 10.4 Å². The Balaban J connectivity index is 2.08. The second kappa shape index (κ2) is 6.75. The smallest absolute Gasteiger partial charge is 0.281 e. The van der Waals surface area contributed by atoms with Gasteiger partial charge < -0.3 is 4.90 Å². The lowest BCUT2D eigenvalue weighted by atomic mass is 10.2. The molecule has 0 aromatic carbocycles. The van der Waals surface area contributed by atoms with Crippen molar-refractivity contribution in [3.05, 3.63) is 0 Å². The van der Waals surface area contributed by atoms with Crippen LogP contribution in [0.2, 0.25) is 0 Å². The van der Waals surface area contributed by atoms with Crippen LogP contribution in [0.3, 0.4) is 0 Å². The Morgan fingerprint density at radius 1 is 1.62 bits per heavy atom. The fourth-order valence-corrected chi connectivity index (χ4v) is 2.06. The largest absolute Gasteiger partial charge is 0.332 e. The zero-order valence-electron chi connectivity index (χ0n) is 9.69. The lowest BCUT2D eigenvalue weighted by Gasteiger charge is -2.14.